The summed E-state index contributed by atoms with van der Waals surface area (Å²) in [4.78, 5) is 2.04. The van der Waals surface area contributed by atoms with Gasteiger partial charge in [0.15, 0.2) is 0 Å². The normalized spacial score (nSPS) is 14.9. The van der Waals surface area contributed by atoms with Crippen molar-refractivity contribution in [2.75, 3.05) is 27.2 Å². The molecule has 0 aromatic carbocycles. The van der Waals surface area contributed by atoms with E-state index in [1.165, 1.54) is 0 Å². The third kappa shape index (κ3) is 6.12. The summed E-state index contributed by atoms with van der Waals surface area (Å²) in [5, 5.41) is -0.322. The Kier molecular flexibility index (Phi) is 6.40. The predicted octanol–water partition coefficient (Wildman–Crippen LogP) is 0.902. The third-order valence-electron chi connectivity index (χ3n) is 2.51. The van der Waals surface area contributed by atoms with Crippen LogP contribution in [0, 0.1) is 5.92 Å². The Balaban J connectivity index is 3.95. The van der Waals surface area contributed by atoms with Gasteiger partial charge < -0.3 is 4.90 Å². The van der Waals surface area contributed by atoms with Gasteiger partial charge in [-0.2, -0.15) is 0 Å². The van der Waals surface area contributed by atoms with Crippen molar-refractivity contribution in [3.05, 3.63) is 0 Å². The van der Waals surface area contributed by atoms with Crippen molar-refractivity contribution in [2.45, 2.75) is 32.4 Å². The molecule has 0 rings (SSSR count). The maximum Gasteiger partial charge on any atom is 0.214 e. The van der Waals surface area contributed by atoms with E-state index in [0.717, 1.165) is 13.0 Å². The average molecular weight is 236 g/mol. The summed E-state index contributed by atoms with van der Waals surface area (Å²) in [6.45, 7) is 7.02. The Hall–Kier alpha value is -0.130. The van der Waals surface area contributed by atoms with Gasteiger partial charge in [0.1, 0.15) is 0 Å². The van der Waals surface area contributed by atoms with E-state index in [2.05, 4.69) is 4.72 Å². The van der Waals surface area contributed by atoms with Crippen LogP contribution in [0.4, 0.5) is 0 Å². The molecule has 0 aliphatic carbocycles. The monoisotopic (exact) mass is 236 g/mol. The Bertz CT molecular complexity index is 261. The molecule has 15 heavy (non-hydrogen) atoms. The smallest absolute Gasteiger partial charge is 0.214 e. The first-order valence-corrected chi connectivity index (χ1v) is 6.95. The van der Waals surface area contributed by atoms with Crippen molar-refractivity contribution in [3.63, 3.8) is 0 Å². The highest BCUT2D eigenvalue weighted by Gasteiger charge is 2.22. The first kappa shape index (κ1) is 14.9. The van der Waals surface area contributed by atoms with Gasteiger partial charge in [0.05, 0.1) is 5.25 Å². The second kappa shape index (κ2) is 6.45. The summed E-state index contributed by atoms with van der Waals surface area (Å²) in [5.74, 6) is 0.149. The fourth-order valence-electron chi connectivity index (χ4n) is 1.10. The van der Waals surface area contributed by atoms with Crippen molar-refractivity contribution in [3.8, 4) is 0 Å². The topological polar surface area (TPSA) is 49.4 Å². The highest BCUT2D eigenvalue weighted by molar-refractivity contribution is 7.90. The molecule has 0 heterocycles. The summed E-state index contributed by atoms with van der Waals surface area (Å²) < 4.78 is 26.0. The van der Waals surface area contributed by atoms with Crippen LogP contribution in [-0.2, 0) is 10.0 Å². The maximum absolute atomic E-state index is 11.7. The largest absolute Gasteiger partial charge is 0.309 e. The van der Waals surface area contributed by atoms with Gasteiger partial charge >= 0.3 is 0 Å². The molecular weight excluding hydrogens is 212 g/mol. The van der Waals surface area contributed by atoms with E-state index < -0.39 is 10.0 Å². The molecule has 0 aromatic rings. The van der Waals surface area contributed by atoms with Gasteiger partial charge in [-0.3, -0.25) is 0 Å². The van der Waals surface area contributed by atoms with Crippen LogP contribution in [-0.4, -0.2) is 45.8 Å². The molecule has 0 bridgehead atoms. The Morgan fingerprint density at radius 3 is 2.13 bits per heavy atom. The molecule has 92 valence electrons. The molecule has 0 saturated carbocycles. The minimum atomic E-state index is -3.13. The molecule has 0 aromatic heterocycles. The second-order valence-corrected chi connectivity index (χ2v) is 6.67. The van der Waals surface area contributed by atoms with E-state index >= 15 is 0 Å². The first-order chi connectivity index (χ1) is 6.77. The molecule has 5 heteroatoms. The van der Waals surface area contributed by atoms with E-state index in [-0.39, 0.29) is 11.2 Å². The SMILES string of the molecule is CC(C)C(C)S(=O)(=O)NCCCN(C)C. The molecule has 1 unspecified atom stereocenters. The minimum Gasteiger partial charge on any atom is -0.309 e. The molecule has 0 amide bonds. The van der Waals surface area contributed by atoms with Crippen LogP contribution >= 0.6 is 0 Å². The lowest BCUT2D eigenvalue weighted by Gasteiger charge is -2.17. The van der Waals surface area contributed by atoms with Crippen molar-refractivity contribution in [1.82, 2.24) is 9.62 Å². The van der Waals surface area contributed by atoms with Crippen LogP contribution < -0.4 is 4.72 Å². The van der Waals surface area contributed by atoms with Gasteiger partial charge in [-0.15, -0.1) is 0 Å². The van der Waals surface area contributed by atoms with Crippen LogP contribution in [0.1, 0.15) is 27.2 Å². The van der Waals surface area contributed by atoms with E-state index in [4.69, 9.17) is 0 Å². The zero-order chi connectivity index (χ0) is 12.1. The van der Waals surface area contributed by atoms with Crippen molar-refractivity contribution < 1.29 is 8.42 Å². The lowest BCUT2D eigenvalue weighted by atomic mass is 10.2. The third-order valence-corrected chi connectivity index (χ3v) is 4.64. The predicted molar refractivity (Wildman–Crippen MR) is 64.4 cm³/mol. The molecule has 0 aliphatic heterocycles. The number of hydrogen-bond acceptors (Lipinski definition) is 3. The van der Waals surface area contributed by atoms with Crippen molar-refractivity contribution in [1.29, 1.82) is 0 Å². The zero-order valence-corrected chi connectivity index (χ0v) is 11.3. The average Bonchev–Trinajstić information content (AvgIpc) is 2.10. The molecule has 1 N–H and O–H groups in total. The number of rotatable bonds is 7. The first-order valence-electron chi connectivity index (χ1n) is 5.40. The Morgan fingerprint density at radius 2 is 1.73 bits per heavy atom. The fraction of sp³-hybridized carbons (Fsp3) is 1.00. The van der Waals surface area contributed by atoms with Crippen LogP contribution in [0.25, 0.3) is 0 Å². The van der Waals surface area contributed by atoms with Crippen LogP contribution in [0.3, 0.4) is 0 Å². The van der Waals surface area contributed by atoms with Gasteiger partial charge in [0.25, 0.3) is 0 Å². The Labute approximate surface area is 94.1 Å². The second-order valence-electron chi connectivity index (χ2n) is 4.55. The van der Waals surface area contributed by atoms with E-state index in [9.17, 15) is 8.42 Å². The van der Waals surface area contributed by atoms with Crippen LogP contribution in [0.2, 0.25) is 0 Å². The van der Waals surface area contributed by atoms with Gasteiger partial charge in [0.2, 0.25) is 10.0 Å². The van der Waals surface area contributed by atoms with Gasteiger partial charge in [0, 0.05) is 6.54 Å². The highest BCUT2D eigenvalue weighted by atomic mass is 32.2. The van der Waals surface area contributed by atoms with E-state index in [0.29, 0.717) is 6.54 Å². The molecule has 0 spiro atoms. The lowest BCUT2D eigenvalue weighted by Crippen LogP contribution is -2.36. The molecule has 0 fully saturated rings. The standard InChI is InChI=1S/C10H24N2O2S/c1-9(2)10(3)15(13,14)11-7-6-8-12(4)5/h9-11H,6-8H2,1-5H3. The molecule has 0 aliphatic rings. The van der Waals surface area contributed by atoms with E-state index in [1.54, 1.807) is 6.92 Å². The van der Waals surface area contributed by atoms with Crippen molar-refractivity contribution >= 4 is 10.0 Å². The number of nitrogens with zero attached hydrogens (tertiary/aromatic N) is 1. The fourth-order valence-corrected chi connectivity index (χ4v) is 2.51. The highest BCUT2D eigenvalue weighted by Crippen LogP contribution is 2.09. The quantitative estimate of drug-likeness (QED) is 0.668. The summed E-state index contributed by atoms with van der Waals surface area (Å²) in [6, 6.07) is 0. The number of nitrogens with one attached hydrogen (secondary N) is 1. The zero-order valence-electron chi connectivity index (χ0n) is 10.4. The summed E-state index contributed by atoms with van der Waals surface area (Å²) in [5.41, 5.74) is 0. The van der Waals surface area contributed by atoms with Crippen molar-refractivity contribution in [2.24, 2.45) is 5.92 Å². The number of sulfonamides is 1. The van der Waals surface area contributed by atoms with Crippen LogP contribution in [0.15, 0.2) is 0 Å². The molecule has 4 nitrogen and oxygen atoms in total. The van der Waals surface area contributed by atoms with Gasteiger partial charge in [-0.1, -0.05) is 13.8 Å². The van der Waals surface area contributed by atoms with Gasteiger partial charge in [-0.25, -0.2) is 13.1 Å². The maximum atomic E-state index is 11.7. The summed E-state index contributed by atoms with van der Waals surface area (Å²) in [6.07, 6.45) is 0.844. The summed E-state index contributed by atoms with van der Waals surface area (Å²) >= 11 is 0. The summed E-state index contributed by atoms with van der Waals surface area (Å²) in [7, 11) is 0.829. The Morgan fingerprint density at radius 1 is 1.20 bits per heavy atom. The van der Waals surface area contributed by atoms with Gasteiger partial charge in [-0.05, 0) is 39.9 Å². The molecule has 1 atom stereocenters. The number of hydrogen-bond donors (Lipinski definition) is 1. The van der Waals surface area contributed by atoms with E-state index in [1.807, 2.05) is 32.8 Å². The lowest BCUT2D eigenvalue weighted by molar-refractivity contribution is 0.399. The molecule has 0 saturated heterocycles. The molecule has 0 radical (unpaired) electrons. The van der Waals surface area contributed by atoms with Crippen LogP contribution in [0.5, 0.6) is 0 Å². The minimum absolute atomic E-state index is 0.149. The molecular formula is C10H24N2O2S.